The highest BCUT2D eigenvalue weighted by molar-refractivity contribution is 5.83. The number of amides is 2. The molecule has 0 saturated carbocycles. The minimum atomic E-state index is -0.146. The minimum absolute atomic E-state index is 0.0593. The lowest BCUT2D eigenvalue weighted by molar-refractivity contribution is -0.134. The molecule has 1 aliphatic heterocycles. The molecule has 0 bridgehead atoms. The van der Waals surface area contributed by atoms with Crippen molar-refractivity contribution in [3.63, 3.8) is 0 Å². The molecule has 2 rings (SSSR count). The summed E-state index contributed by atoms with van der Waals surface area (Å²) in [6.45, 7) is 4.70. The molecule has 1 N–H and O–H groups in total. The van der Waals surface area contributed by atoms with Gasteiger partial charge in [-0.1, -0.05) is 13.0 Å². The minimum Gasteiger partial charge on any atom is -0.454 e. The Labute approximate surface area is 124 Å². The predicted octanol–water partition coefficient (Wildman–Crippen LogP) is 1.29. The maximum absolute atomic E-state index is 11.7. The van der Waals surface area contributed by atoms with E-state index in [0.717, 1.165) is 12.0 Å². The fourth-order valence-electron chi connectivity index (χ4n) is 2.03. The third kappa shape index (κ3) is 4.11. The summed E-state index contributed by atoms with van der Waals surface area (Å²) in [6, 6.07) is 5.52. The standard InChI is InChI=1S/C15H20N2O4/c1-3-6-16-15(19)9-17(11(2)18)8-12-4-5-13-14(7-12)21-10-20-13/h4-5,7H,3,6,8-10H2,1-2H3,(H,16,19). The summed E-state index contributed by atoms with van der Waals surface area (Å²) in [5.74, 6) is 1.09. The molecule has 0 aliphatic carbocycles. The number of nitrogens with zero attached hydrogens (tertiary/aromatic N) is 1. The number of carbonyl (C=O) groups is 2. The smallest absolute Gasteiger partial charge is 0.239 e. The molecule has 6 heteroatoms. The Hall–Kier alpha value is -2.24. The van der Waals surface area contributed by atoms with Crippen LogP contribution in [0.2, 0.25) is 0 Å². The Morgan fingerprint density at radius 3 is 2.76 bits per heavy atom. The van der Waals surface area contributed by atoms with E-state index in [2.05, 4.69) is 5.32 Å². The number of rotatable bonds is 6. The Balaban J connectivity index is 1.99. The summed E-state index contributed by atoms with van der Waals surface area (Å²) >= 11 is 0. The van der Waals surface area contributed by atoms with Gasteiger partial charge in [-0.05, 0) is 24.1 Å². The van der Waals surface area contributed by atoms with Gasteiger partial charge in [0.05, 0.1) is 6.54 Å². The second-order valence-electron chi connectivity index (χ2n) is 4.91. The van der Waals surface area contributed by atoms with E-state index in [9.17, 15) is 9.59 Å². The lowest BCUT2D eigenvalue weighted by Crippen LogP contribution is -2.39. The first-order valence-electron chi connectivity index (χ1n) is 7.01. The Morgan fingerprint density at radius 2 is 2.05 bits per heavy atom. The molecule has 6 nitrogen and oxygen atoms in total. The summed E-state index contributed by atoms with van der Waals surface area (Å²) in [4.78, 5) is 24.9. The molecule has 0 spiro atoms. The summed E-state index contributed by atoms with van der Waals surface area (Å²) < 4.78 is 10.6. The van der Waals surface area contributed by atoms with Gasteiger partial charge < -0.3 is 19.7 Å². The molecular formula is C15H20N2O4. The first-order valence-corrected chi connectivity index (χ1v) is 7.01. The summed E-state index contributed by atoms with van der Waals surface area (Å²) in [5, 5.41) is 2.77. The number of fused-ring (bicyclic) bond motifs is 1. The van der Waals surface area contributed by atoms with E-state index in [4.69, 9.17) is 9.47 Å². The predicted molar refractivity (Wildman–Crippen MR) is 77.0 cm³/mol. The maximum Gasteiger partial charge on any atom is 0.239 e. The summed E-state index contributed by atoms with van der Waals surface area (Å²) in [5.41, 5.74) is 0.901. The van der Waals surface area contributed by atoms with Crippen molar-refractivity contribution in [2.75, 3.05) is 19.9 Å². The van der Waals surface area contributed by atoms with Crippen LogP contribution in [-0.2, 0) is 16.1 Å². The van der Waals surface area contributed by atoms with Gasteiger partial charge in [0, 0.05) is 20.0 Å². The third-order valence-electron chi connectivity index (χ3n) is 3.16. The lowest BCUT2D eigenvalue weighted by atomic mass is 10.2. The van der Waals surface area contributed by atoms with E-state index in [1.165, 1.54) is 11.8 Å². The molecule has 114 valence electrons. The van der Waals surface area contributed by atoms with Crippen molar-refractivity contribution in [2.45, 2.75) is 26.8 Å². The molecule has 0 atom stereocenters. The molecule has 1 heterocycles. The molecule has 21 heavy (non-hydrogen) atoms. The molecular weight excluding hydrogens is 272 g/mol. The molecule has 0 fully saturated rings. The lowest BCUT2D eigenvalue weighted by Gasteiger charge is -2.20. The second kappa shape index (κ2) is 6.97. The first-order chi connectivity index (χ1) is 10.1. The quantitative estimate of drug-likeness (QED) is 0.858. The zero-order chi connectivity index (χ0) is 15.2. The van der Waals surface area contributed by atoms with Crippen LogP contribution >= 0.6 is 0 Å². The normalized spacial score (nSPS) is 12.1. The van der Waals surface area contributed by atoms with E-state index < -0.39 is 0 Å². The highest BCUT2D eigenvalue weighted by atomic mass is 16.7. The van der Waals surface area contributed by atoms with E-state index in [-0.39, 0.29) is 25.2 Å². The first kappa shape index (κ1) is 15.2. The number of hydrogen-bond acceptors (Lipinski definition) is 4. The van der Waals surface area contributed by atoms with Crippen molar-refractivity contribution < 1.29 is 19.1 Å². The van der Waals surface area contributed by atoms with Gasteiger partial charge in [-0.15, -0.1) is 0 Å². The second-order valence-corrected chi connectivity index (χ2v) is 4.91. The number of nitrogens with one attached hydrogen (secondary N) is 1. The monoisotopic (exact) mass is 292 g/mol. The Kier molecular flexibility index (Phi) is 5.03. The number of ether oxygens (including phenoxy) is 2. The number of benzene rings is 1. The molecule has 0 unspecified atom stereocenters. The molecule has 1 aromatic rings. The van der Waals surface area contributed by atoms with Crippen LogP contribution < -0.4 is 14.8 Å². The van der Waals surface area contributed by atoms with E-state index in [0.29, 0.717) is 24.6 Å². The van der Waals surface area contributed by atoms with E-state index in [1.54, 1.807) is 0 Å². The van der Waals surface area contributed by atoms with Crippen molar-refractivity contribution >= 4 is 11.8 Å². The van der Waals surface area contributed by atoms with Crippen LogP contribution in [0.1, 0.15) is 25.8 Å². The third-order valence-corrected chi connectivity index (χ3v) is 3.16. The van der Waals surface area contributed by atoms with Crippen LogP contribution in [0.4, 0.5) is 0 Å². The van der Waals surface area contributed by atoms with Gasteiger partial charge in [0.2, 0.25) is 18.6 Å². The maximum atomic E-state index is 11.7. The van der Waals surface area contributed by atoms with Gasteiger partial charge in [0.15, 0.2) is 11.5 Å². The average molecular weight is 292 g/mol. The van der Waals surface area contributed by atoms with Gasteiger partial charge >= 0.3 is 0 Å². The molecule has 0 aromatic heterocycles. The SMILES string of the molecule is CCCNC(=O)CN(Cc1ccc2c(c1)OCO2)C(C)=O. The van der Waals surface area contributed by atoms with Gasteiger partial charge in [0.1, 0.15) is 0 Å². The van der Waals surface area contributed by atoms with Crippen LogP contribution in [0.15, 0.2) is 18.2 Å². The van der Waals surface area contributed by atoms with E-state index >= 15 is 0 Å². The van der Waals surface area contributed by atoms with Crippen molar-refractivity contribution in [1.29, 1.82) is 0 Å². The molecule has 1 aromatic carbocycles. The van der Waals surface area contributed by atoms with Gasteiger partial charge in [-0.3, -0.25) is 9.59 Å². The van der Waals surface area contributed by atoms with Crippen LogP contribution in [0.25, 0.3) is 0 Å². The van der Waals surface area contributed by atoms with Crippen molar-refractivity contribution in [1.82, 2.24) is 10.2 Å². The largest absolute Gasteiger partial charge is 0.454 e. The van der Waals surface area contributed by atoms with Crippen molar-refractivity contribution in [3.8, 4) is 11.5 Å². The Bertz CT molecular complexity index is 530. The van der Waals surface area contributed by atoms with Gasteiger partial charge in [-0.2, -0.15) is 0 Å². The molecule has 1 aliphatic rings. The number of hydrogen-bond donors (Lipinski definition) is 1. The Morgan fingerprint density at radius 1 is 1.29 bits per heavy atom. The van der Waals surface area contributed by atoms with Crippen LogP contribution in [0.3, 0.4) is 0 Å². The average Bonchev–Trinajstić information content (AvgIpc) is 2.91. The fourth-order valence-corrected chi connectivity index (χ4v) is 2.03. The van der Waals surface area contributed by atoms with Crippen LogP contribution in [-0.4, -0.2) is 36.6 Å². The topological polar surface area (TPSA) is 67.9 Å². The van der Waals surface area contributed by atoms with Gasteiger partial charge in [-0.25, -0.2) is 0 Å². The zero-order valence-corrected chi connectivity index (χ0v) is 12.3. The van der Waals surface area contributed by atoms with Crippen molar-refractivity contribution in [3.05, 3.63) is 23.8 Å². The van der Waals surface area contributed by atoms with Crippen LogP contribution in [0, 0.1) is 0 Å². The van der Waals surface area contributed by atoms with Crippen LogP contribution in [0.5, 0.6) is 11.5 Å². The fraction of sp³-hybridized carbons (Fsp3) is 0.467. The summed E-state index contributed by atoms with van der Waals surface area (Å²) in [7, 11) is 0. The highest BCUT2D eigenvalue weighted by Gasteiger charge is 2.17. The molecule has 0 saturated heterocycles. The van der Waals surface area contributed by atoms with E-state index in [1.807, 2.05) is 25.1 Å². The molecule has 0 radical (unpaired) electrons. The highest BCUT2D eigenvalue weighted by Crippen LogP contribution is 2.32. The van der Waals surface area contributed by atoms with Gasteiger partial charge in [0.25, 0.3) is 0 Å². The molecule has 2 amide bonds. The summed E-state index contributed by atoms with van der Waals surface area (Å²) in [6.07, 6.45) is 0.869. The number of carbonyl (C=O) groups excluding carboxylic acids is 2. The van der Waals surface area contributed by atoms with Crippen molar-refractivity contribution in [2.24, 2.45) is 0 Å². The zero-order valence-electron chi connectivity index (χ0n) is 12.3.